The SMILES string of the molecule is O=C(O)c1cccc2c1CCCN2C(=O)c1ccoc1Br. The molecule has 0 spiro atoms. The first-order chi connectivity index (χ1) is 10.1. The number of benzene rings is 1. The topological polar surface area (TPSA) is 70.8 Å². The highest BCUT2D eigenvalue weighted by molar-refractivity contribution is 9.10. The molecule has 2 aromatic rings. The van der Waals surface area contributed by atoms with Crippen molar-refractivity contribution < 1.29 is 19.1 Å². The van der Waals surface area contributed by atoms with E-state index in [9.17, 15) is 14.7 Å². The van der Waals surface area contributed by atoms with Gasteiger partial charge in [-0.15, -0.1) is 0 Å². The Balaban J connectivity index is 2.05. The Morgan fingerprint density at radius 1 is 1.24 bits per heavy atom. The number of hydrogen-bond acceptors (Lipinski definition) is 3. The summed E-state index contributed by atoms with van der Waals surface area (Å²) in [5, 5.41) is 9.27. The van der Waals surface area contributed by atoms with Crippen LogP contribution < -0.4 is 4.90 Å². The molecule has 108 valence electrons. The third-order valence-corrected chi connectivity index (χ3v) is 4.19. The molecule has 0 aliphatic carbocycles. The number of aromatic carboxylic acids is 1. The van der Waals surface area contributed by atoms with Crippen molar-refractivity contribution in [3.63, 3.8) is 0 Å². The fourth-order valence-electron chi connectivity index (χ4n) is 2.63. The van der Waals surface area contributed by atoms with Crippen molar-refractivity contribution in [1.82, 2.24) is 0 Å². The third kappa shape index (κ3) is 2.35. The normalized spacial score (nSPS) is 13.9. The number of fused-ring (bicyclic) bond motifs is 1. The van der Waals surface area contributed by atoms with Gasteiger partial charge in [-0.05, 0) is 52.5 Å². The fraction of sp³-hybridized carbons (Fsp3) is 0.200. The molecule has 1 aromatic carbocycles. The highest BCUT2D eigenvalue weighted by Gasteiger charge is 2.28. The van der Waals surface area contributed by atoms with Gasteiger partial charge in [-0.1, -0.05) is 6.07 Å². The Kier molecular flexibility index (Phi) is 3.55. The maximum atomic E-state index is 12.6. The third-order valence-electron chi connectivity index (χ3n) is 3.57. The van der Waals surface area contributed by atoms with Gasteiger partial charge in [0.2, 0.25) is 0 Å². The molecule has 1 aliphatic rings. The molecule has 0 saturated carbocycles. The van der Waals surface area contributed by atoms with E-state index in [0.717, 1.165) is 6.42 Å². The summed E-state index contributed by atoms with van der Waals surface area (Å²) in [5.41, 5.74) is 2.07. The summed E-state index contributed by atoms with van der Waals surface area (Å²) >= 11 is 3.20. The maximum absolute atomic E-state index is 12.6. The van der Waals surface area contributed by atoms with Crippen LogP contribution in [0, 0.1) is 0 Å². The van der Waals surface area contributed by atoms with Crippen LogP contribution >= 0.6 is 15.9 Å². The van der Waals surface area contributed by atoms with E-state index >= 15 is 0 Å². The Labute approximate surface area is 129 Å². The van der Waals surface area contributed by atoms with Gasteiger partial charge in [0.1, 0.15) is 0 Å². The molecule has 21 heavy (non-hydrogen) atoms. The quantitative estimate of drug-likeness (QED) is 0.902. The number of furan rings is 1. The molecule has 0 fully saturated rings. The molecule has 0 unspecified atom stereocenters. The molecule has 1 N–H and O–H groups in total. The molecule has 1 aliphatic heterocycles. The van der Waals surface area contributed by atoms with Gasteiger partial charge in [0.25, 0.3) is 5.91 Å². The lowest BCUT2D eigenvalue weighted by Crippen LogP contribution is -2.36. The maximum Gasteiger partial charge on any atom is 0.336 e. The van der Waals surface area contributed by atoms with Crippen LogP contribution in [0.4, 0.5) is 5.69 Å². The molecule has 0 bridgehead atoms. The Morgan fingerprint density at radius 2 is 2.05 bits per heavy atom. The van der Waals surface area contributed by atoms with Crippen LogP contribution in [0.2, 0.25) is 0 Å². The molecule has 6 heteroatoms. The second-order valence-corrected chi connectivity index (χ2v) is 5.50. The predicted octanol–water partition coefficient (Wildman–Crippen LogP) is 3.33. The van der Waals surface area contributed by atoms with Gasteiger partial charge >= 0.3 is 5.97 Å². The average molecular weight is 350 g/mol. The molecule has 3 rings (SSSR count). The van der Waals surface area contributed by atoms with Crippen LogP contribution in [0.3, 0.4) is 0 Å². The summed E-state index contributed by atoms with van der Waals surface area (Å²) in [5.74, 6) is -1.16. The van der Waals surface area contributed by atoms with E-state index in [1.807, 2.05) is 0 Å². The summed E-state index contributed by atoms with van der Waals surface area (Å²) in [4.78, 5) is 25.5. The standard InChI is InChI=1S/C15H12BrNO4/c16-13-11(6-8-21-13)14(18)17-7-2-4-9-10(15(19)20)3-1-5-12(9)17/h1,3,5-6,8H,2,4,7H2,(H,19,20). The number of carbonyl (C=O) groups is 2. The number of amides is 1. The van der Waals surface area contributed by atoms with Crippen molar-refractivity contribution >= 4 is 33.5 Å². The number of carbonyl (C=O) groups excluding carboxylic acids is 1. The molecule has 2 heterocycles. The summed E-state index contributed by atoms with van der Waals surface area (Å²) in [7, 11) is 0. The Bertz CT molecular complexity index is 722. The fourth-order valence-corrected chi connectivity index (χ4v) is 3.04. The van der Waals surface area contributed by atoms with Crippen LogP contribution in [0.5, 0.6) is 0 Å². The number of anilines is 1. The zero-order valence-electron chi connectivity index (χ0n) is 11.0. The van der Waals surface area contributed by atoms with Crippen LogP contribution in [-0.4, -0.2) is 23.5 Å². The summed E-state index contributed by atoms with van der Waals surface area (Å²) in [6, 6.07) is 6.62. The van der Waals surface area contributed by atoms with Crippen molar-refractivity contribution in [2.45, 2.75) is 12.8 Å². The smallest absolute Gasteiger partial charge is 0.336 e. The molecule has 1 aromatic heterocycles. The zero-order valence-corrected chi connectivity index (χ0v) is 12.6. The van der Waals surface area contributed by atoms with Gasteiger partial charge in [0, 0.05) is 12.2 Å². The summed E-state index contributed by atoms with van der Waals surface area (Å²) < 4.78 is 5.48. The minimum Gasteiger partial charge on any atom is -0.478 e. The van der Waals surface area contributed by atoms with Crippen molar-refractivity contribution in [2.75, 3.05) is 11.4 Å². The molecular weight excluding hydrogens is 338 g/mol. The van der Waals surface area contributed by atoms with Gasteiger partial charge in [0.15, 0.2) is 4.67 Å². The van der Waals surface area contributed by atoms with Crippen LogP contribution in [0.15, 0.2) is 39.6 Å². The van der Waals surface area contributed by atoms with Gasteiger partial charge in [-0.2, -0.15) is 0 Å². The lowest BCUT2D eigenvalue weighted by Gasteiger charge is -2.30. The van der Waals surface area contributed by atoms with Crippen molar-refractivity contribution in [3.05, 3.63) is 51.9 Å². The van der Waals surface area contributed by atoms with E-state index in [0.29, 0.717) is 34.4 Å². The van der Waals surface area contributed by atoms with E-state index in [2.05, 4.69) is 15.9 Å². The second-order valence-electron chi connectivity index (χ2n) is 4.78. The number of hydrogen-bond donors (Lipinski definition) is 1. The van der Waals surface area contributed by atoms with E-state index in [4.69, 9.17) is 4.42 Å². The highest BCUT2D eigenvalue weighted by atomic mass is 79.9. The zero-order chi connectivity index (χ0) is 15.0. The van der Waals surface area contributed by atoms with E-state index in [1.165, 1.54) is 6.26 Å². The Hall–Kier alpha value is -2.08. The van der Waals surface area contributed by atoms with E-state index < -0.39 is 5.97 Å². The van der Waals surface area contributed by atoms with Gasteiger partial charge in [-0.3, -0.25) is 4.79 Å². The van der Waals surface area contributed by atoms with Crippen LogP contribution in [0.25, 0.3) is 0 Å². The predicted molar refractivity (Wildman–Crippen MR) is 79.8 cm³/mol. The molecule has 0 atom stereocenters. The van der Waals surface area contributed by atoms with E-state index in [1.54, 1.807) is 29.2 Å². The summed E-state index contributed by atoms with van der Waals surface area (Å²) in [6.45, 7) is 0.562. The monoisotopic (exact) mass is 349 g/mol. The number of nitrogens with zero attached hydrogens (tertiary/aromatic N) is 1. The molecule has 1 amide bonds. The first kappa shape index (κ1) is 13.9. The van der Waals surface area contributed by atoms with Crippen LogP contribution in [-0.2, 0) is 6.42 Å². The molecular formula is C15H12BrNO4. The molecule has 0 saturated heterocycles. The lowest BCUT2D eigenvalue weighted by molar-refractivity contribution is 0.0695. The molecule has 0 radical (unpaired) electrons. The lowest BCUT2D eigenvalue weighted by atomic mass is 9.96. The van der Waals surface area contributed by atoms with Gasteiger partial charge in [-0.25, -0.2) is 4.79 Å². The van der Waals surface area contributed by atoms with Gasteiger partial charge < -0.3 is 14.4 Å². The average Bonchev–Trinajstić information content (AvgIpc) is 2.91. The minimum atomic E-state index is -0.967. The number of carboxylic acid groups (broad SMARTS) is 1. The number of rotatable bonds is 2. The van der Waals surface area contributed by atoms with Crippen molar-refractivity contribution in [3.8, 4) is 0 Å². The largest absolute Gasteiger partial charge is 0.478 e. The van der Waals surface area contributed by atoms with Crippen molar-refractivity contribution in [1.29, 1.82) is 0 Å². The number of carboxylic acids is 1. The second kappa shape index (κ2) is 5.37. The number of halogens is 1. The summed E-state index contributed by atoms with van der Waals surface area (Å²) in [6.07, 6.45) is 2.84. The minimum absolute atomic E-state index is 0.195. The highest BCUT2D eigenvalue weighted by Crippen LogP contribution is 2.32. The van der Waals surface area contributed by atoms with Crippen LogP contribution in [0.1, 0.15) is 32.7 Å². The first-order valence-corrected chi connectivity index (χ1v) is 7.29. The molecule has 5 nitrogen and oxygen atoms in total. The van der Waals surface area contributed by atoms with Crippen molar-refractivity contribution in [2.24, 2.45) is 0 Å². The first-order valence-electron chi connectivity index (χ1n) is 6.49. The van der Waals surface area contributed by atoms with E-state index in [-0.39, 0.29) is 11.5 Å². The van der Waals surface area contributed by atoms with Gasteiger partial charge in [0.05, 0.1) is 17.4 Å². The Morgan fingerprint density at radius 3 is 2.71 bits per heavy atom.